The van der Waals surface area contributed by atoms with Crippen molar-refractivity contribution in [1.82, 2.24) is 0 Å². The Morgan fingerprint density at radius 2 is 1.67 bits per heavy atom. The molecule has 0 fully saturated rings. The third-order valence-electron chi connectivity index (χ3n) is 4.22. The molecule has 0 amide bonds. The molecule has 0 aromatic heterocycles. The molecule has 0 unspecified atom stereocenters. The quantitative estimate of drug-likeness (QED) is 0.187. The Labute approximate surface area is 192 Å². The zero-order valence-corrected chi connectivity index (χ0v) is 19.2. The summed E-state index contributed by atoms with van der Waals surface area (Å²) in [5, 5.41) is 2.79. The molecular formula is C25H24ClNOS2. The third-order valence-corrected chi connectivity index (χ3v) is 6.05. The van der Waals surface area contributed by atoms with Crippen LogP contribution in [0.25, 0.3) is 0 Å². The summed E-state index contributed by atoms with van der Waals surface area (Å²) < 4.78 is 10.6. The van der Waals surface area contributed by atoms with Gasteiger partial charge in [-0.1, -0.05) is 71.8 Å². The minimum absolute atomic E-state index is 0.587. The molecule has 0 N–H and O–H groups in total. The molecule has 0 aliphatic heterocycles. The molecule has 30 heavy (non-hydrogen) atoms. The fourth-order valence-corrected chi connectivity index (χ4v) is 3.94. The third kappa shape index (κ3) is 8.31. The lowest BCUT2D eigenvalue weighted by Crippen LogP contribution is -2.05. The maximum atomic E-state index is 5.97. The van der Waals surface area contributed by atoms with Crippen LogP contribution in [0.1, 0.15) is 16.7 Å². The number of hydrogen-bond acceptors (Lipinski definition) is 4. The van der Waals surface area contributed by atoms with E-state index in [0.717, 1.165) is 22.1 Å². The summed E-state index contributed by atoms with van der Waals surface area (Å²) in [7, 11) is 0. The minimum atomic E-state index is 0.587. The Balaban J connectivity index is 1.57. The molecule has 3 aromatic carbocycles. The van der Waals surface area contributed by atoms with Gasteiger partial charge >= 0.3 is 0 Å². The van der Waals surface area contributed by atoms with Crippen molar-refractivity contribution in [3.63, 3.8) is 0 Å². The van der Waals surface area contributed by atoms with Crippen molar-refractivity contribution >= 4 is 41.2 Å². The predicted molar refractivity (Wildman–Crippen MR) is 132 cm³/mol. The summed E-state index contributed by atoms with van der Waals surface area (Å²) in [6.45, 7) is 2.67. The number of halogens is 1. The van der Waals surface area contributed by atoms with E-state index < -0.39 is 0 Å². The smallest absolute Gasteiger partial charge is 0.221 e. The summed E-state index contributed by atoms with van der Waals surface area (Å²) in [5.74, 6) is 1.50. The lowest BCUT2D eigenvalue weighted by Gasteiger charge is -2.06. The highest BCUT2D eigenvalue weighted by Gasteiger charge is 2.00. The summed E-state index contributed by atoms with van der Waals surface area (Å²) in [5.41, 5.74) is 3.72. The molecule has 3 aromatic rings. The first-order valence-electron chi connectivity index (χ1n) is 9.70. The monoisotopic (exact) mass is 453 g/mol. The highest BCUT2D eigenvalue weighted by atomic mass is 35.5. The first kappa shape index (κ1) is 22.5. The van der Waals surface area contributed by atoms with Crippen LogP contribution in [-0.4, -0.2) is 12.5 Å². The summed E-state index contributed by atoms with van der Waals surface area (Å²) in [4.78, 5) is 1.09. The van der Waals surface area contributed by atoms with Crippen molar-refractivity contribution in [2.75, 3.05) is 6.61 Å². The molecule has 0 atom stereocenters. The second-order valence-corrected chi connectivity index (χ2v) is 8.83. The molecule has 0 spiro atoms. The van der Waals surface area contributed by atoms with Gasteiger partial charge in [-0.2, -0.15) is 4.40 Å². The Morgan fingerprint density at radius 1 is 0.933 bits per heavy atom. The van der Waals surface area contributed by atoms with Crippen LogP contribution in [-0.2, 0) is 16.9 Å². The SMILES string of the molecule is Cc1ccc(SN=C(/C=C/SCc2ccc(Cl)cc2)OCCc2ccccc2)cc1. The average molecular weight is 454 g/mol. The van der Waals surface area contributed by atoms with Crippen LogP contribution in [0, 0.1) is 6.92 Å². The van der Waals surface area contributed by atoms with Crippen molar-refractivity contribution in [2.45, 2.75) is 24.0 Å². The van der Waals surface area contributed by atoms with Crippen molar-refractivity contribution in [3.05, 3.63) is 112 Å². The number of benzene rings is 3. The Kier molecular flexibility index (Phi) is 9.42. The Morgan fingerprint density at radius 3 is 2.40 bits per heavy atom. The first-order chi connectivity index (χ1) is 14.7. The number of ether oxygens (including phenoxy) is 1. The fourth-order valence-electron chi connectivity index (χ4n) is 2.55. The van der Waals surface area contributed by atoms with Crippen LogP contribution in [0.5, 0.6) is 0 Å². The normalized spacial score (nSPS) is 11.7. The first-order valence-corrected chi connectivity index (χ1v) is 11.9. The zero-order valence-electron chi connectivity index (χ0n) is 16.8. The summed E-state index contributed by atoms with van der Waals surface area (Å²) in [6, 6.07) is 26.6. The average Bonchev–Trinajstić information content (AvgIpc) is 2.77. The van der Waals surface area contributed by atoms with Gasteiger partial charge in [0.25, 0.3) is 0 Å². The van der Waals surface area contributed by atoms with Crippen molar-refractivity contribution in [3.8, 4) is 0 Å². The van der Waals surface area contributed by atoms with Crippen LogP contribution in [0.15, 0.2) is 99.6 Å². The van der Waals surface area contributed by atoms with Gasteiger partial charge in [0, 0.05) is 40.1 Å². The highest BCUT2D eigenvalue weighted by Crippen LogP contribution is 2.21. The minimum Gasteiger partial charge on any atom is -0.477 e. The second-order valence-electron chi connectivity index (χ2n) is 6.66. The van der Waals surface area contributed by atoms with Crippen LogP contribution >= 0.6 is 35.3 Å². The van der Waals surface area contributed by atoms with E-state index in [-0.39, 0.29) is 0 Å². The number of aryl methyl sites for hydroxylation is 1. The Hall–Kier alpha value is -2.14. The molecule has 154 valence electrons. The van der Waals surface area contributed by atoms with Crippen LogP contribution in [0.2, 0.25) is 5.02 Å². The van der Waals surface area contributed by atoms with Crippen molar-refractivity contribution in [1.29, 1.82) is 0 Å². The Bertz CT molecular complexity index is 955. The largest absolute Gasteiger partial charge is 0.477 e. The predicted octanol–water partition coefficient (Wildman–Crippen LogP) is 7.76. The van der Waals surface area contributed by atoms with Gasteiger partial charge < -0.3 is 4.74 Å². The van der Waals surface area contributed by atoms with E-state index in [2.05, 4.69) is 47.7 Å². The number of thioether (sulfide) groups is 1. The maximum absolute atomic E-state index is 5.97. The second kappa shape index (κ2) is 12.5. The molecular weight excluding hydrogens is 430 g/mol. The van der Waals surface area contributed by atoms with Crippen molar-refractivity contribution in [2.24, 2.45) is 4.40 Å². The standard InChI is InChI=1S/C25H24ClNOS2/c1-20-7-13-24(14-8-20)30-27-25(28-17-15-21-5-3-2-4-6-21)16-18-29-19-22-9-11-23(26)12-10-22/h2-14,16,18H,15,17,19H2,1H3/b18-16+,27-25?. The lowest BCUT2D eigenvalue weighted by molar-refractivity contribution is 0.313. The van der Waals surface area contributed by atoms with Crippen LogP contribution in [0.3, 0.4) is 0 Å². The van der Waals surface area contributed by atoms with Gasteiger partial charge in [-0.25, -0.2) is 0 Å². The number of hydrogen-bond donors (Lipinski definition) is 0. The molecule has 0 heterocycles. The molecule has 0 radical (unpaired) electrons. The fraction of sp³-hybridized carbons (Fsp3) is 0.160. The number of nitrogens with zero attached hydrogens (tertiary/aromatic N) is 1. The van der Waals surface area contributed by atoms with Crippen molar-refractivity contribution < 1.29 is 4.74 Å². The molecule has 3 rings (SSSR count). The van der Waals surface area contributed by atoms with Gasteiger partial charge in [0.15, 0.2) is 0 Å². The van der Waals surface area contributed by atoms with Crippen LogP contribution < -0.4 is 0 Å². The van der Waals surface area contributed by atoms with Gasteiger partial charge in [0.2, 0.25) is 5.90 Å². The highest BCUT2D eigenvalue weighted by molar-refractivity contribution is 8.01. The zero-order chi connectivity index (χ0) is 21.0. The topological polar surface area (TPSA) is 21.6 Å². The molecule has 5 heteroatoms. The summed E-state index contributed by atoms with van der Waals surface area (Å²) >= 11 is 9.07. The lowest BCUT2D eigenvalue weighted by atomic mass is 10.2. The molecule has 0 saturated heterocycles. The van der Waals surface area contributed by atoms with Gasteiger partial charge in [-0.05, 0) is 47.7 Å². The van der Waals surface area contributed by atoms with E-state index in [1.807, 2.05) is 53.9 Å². The molecule has 0 aliphatic rings. The van der Waals surface area contributed by atoms with E-state index in [1.165, 1.54) is 28.6 Å². The number of rotatable bonds is 9. The van der Waals surface area contributed by atoms with E-state index in [0.29, 0.717) is 12.5 Å². The molecule has 0 aliphatic carbocycles. The molecule has 2 nitrogen and oxygen atoms in total. The summed E-state index contributed by atoms with van der Waals surface area (Å²) in [6.07, 6.45) is 2.79. The van der Waals surface area contributed by atoms with Crippen LogP contribution in [0.4, 0.5) is 0 Å². The van der Waals surface area contributed by atoms with E-state index in [9.17, 15) is 0 Å². The van der Waals surface area contributed by atoms with E-state index in [1.54, 1.807) is 11.8 Å². The van der Waals surface area contributed by atoms with Gasteiger partial charge in [0.1, 0.15) is 0 Å². The van der Waals surface area contributed by atoms with E-state index in [4.69, 9.17) is 16.3 Å². The molecule has 0 bridgehead atoms. The van der Waals surface area contributed by atoms with E-state index >= 15 is 0 Å². The van der Waals surface area contributed by atoms with Gasteiger partial charge in [0.05, 0.1) is 6.61 Å². The van der Waals surface area contributed by atoms with Gasteiger partial charge in [-0.3, -0.25) is 0 Å². The molecule has 0 saturated carbocycles. The maximum Gasteiger partial charge on any atom is 0.221 e. The van der Waals surface area contributed by atoms with Gasteiger partial charge in [-0.15, -0.1) is 11.8 Å².